The predicted molar refractivity (Wildman–Crippen MR) is 201 cm³/mol. The van der Waals surface area contributed by atoms with E-state index in [-0.39, 0.29) is 24.0 Å². The molecule has 0 aromatic heterocycles. The maximum atomic E-state index is 12.5. The van der Waals surface area contributed by atoms with Crippen LogP contribution in [0.25, 0.3) is 11.1 Å². The molecule has 0 radical (unpaired) electrons. The molecule has 3 aromatic carbocycles. The van der Waals surface area contributed by atoms with E-state index in [1.807, 2.05) is 48.5 Å². The minimum absolute atomic E-state index is 0.225. The van der Waals surface area contributed by atoms with Gasteiger partial charge in [-0.05, 0) is 89.1 Å². The van der Waals surface area contributed by atoms with Crippen LogP contribution in [0.5, 0.6) is 11.5 Å². The summed E-state index contributed by atoms with van der Waals surface area (Å²) in [6.45, 7) is 9.30. The summed E-state index contributed by atoms with van der Waals surface area (Å²) >= 11 is 0. The molecule has 2 aliphatic rings. The van der Waals surface area contributed by atoms with Crippen LogP contribution in [0.3, 0.4) is 0 Å². The summed E-state index contributed by atoms with van der Waals surface area (Å²) in [5, 5.41) is 15.5. The molecule has 3 N–H and O–H groups in total. The van der Waals surface area contributed by atoms with Gasteiger partial charge in [-0.3, -0.25) is 19.7 Å². The first-order valence-electron chi connectivity index (χ1n) is 17.8. The van der Waals surface area contributed by atoms with Gasteiger partial charge >= 0.3 is 0 Å². The molecule has 5 rings (SSSR count). The van der Waals surface area contributed by atoms with E-state index in [1.165, 1.54) is 22.1 Å². The second-order valence-electron chi connectivity index (χ2n) is 12.5. The normalized spacial score (nSPS) is 16.7. The Morgan fingerprint density at radius 3 is 2.25 bits per heavy atom. The van der Waals surface area contributed by atoms with Gasteiger partial charge in [-0.2, -0.15) is 0 Å². The lowest BCUT2D eigenvalue weighted by Gasteiger charge is -2.29. The van der Waals surface area contributed by atoms with E-state index in [0.717, 1.165) is 46.6 Å². The van der Waals surface area contributed by atoms with Crippen LogP contribution in [0.2, 0.25) is 0 Å². The molecule has 10 heteroatoms. The van der Waals surface area contributed by atoms with E-state index < -0.39 is 11.9 Å². The van der Waals surface area contributed by atoms with Crippen molar-refractivity contribution in [3.63, 3.8) is 0 Å². The number of nitrogens with one attached hydrogen (secondary N) is 2. The first-order chi connectivity index (χ1) is 25.4. The molecule has 1 unspecified atom stereocenters. The van der Waals surface area contributed by atoms with Gasteiger partial charge < -0.3 is 29.5 Å². The fourth-order valence-corrected chi connectivity index (χ4v) is 6.25. The summed E-state index contributed by atoms with van der Waals surface area (Å²) in [6.07, 6.45) is 7.22. The highest BCUT2D eigenvalue weighted by molar-refractivity contribution is 6.03. The summed E-state index contributed by atoms with van der Waals surface area (Å²) in [5.74, 6) is 0.0283. The van der Waals surface area contributed by atoms with Crippen molar-refractivity contribution in [2.24, 2.45) is 0 Å². The number of nitrogens with zero attached hydrogens (tertiary/aromatic N) is 1. The molecular weight excluding hydrogens is 658 g/mol. The number of piperidine rings is 1. The Hall–Kier alpha value is -5.45. The zero-order chi connectivity index (χ0) is 36.7. The number of aromatic hydroxyl groups is 1. The van der Waals surface area contributed by atoms with Crippen LogP contribution in [-0.2, 0) is 23.9 Å². The monoisotopic (exact) mass is 705 g/mol. The fourth-order valence-electron chi connectivity index (χ4n) is 6.25. The second-order valence-corrected chi connectivity index (χ2v) is 12.5. The Kier molecular flexibility index (Phi) is 14.0. The number of amides is 3. The zero-order valence-electron chi connectivity index (χ0n) is 29.6. The van der Waals surface area contributed by atoms with E-state index in [0.29, 0.717) is 52.5 Å². The lowest BCUT2D eigenvalue weighted by molar-refractivity contribution is -0.142. The topological polar surface area (TPSA) is 126 Å². The summed E-state index contributed by atoms with van der Waals surface area (Å²) in [4.78, 5) is 37.6. The lowest BCUT2D eigenvalue weighted by Crippen LogP contribution is -2.53. The van der Waals surface area contributed by atoms with Gasteiger partial charge in [0.05, 0.1) is 19.8 Å². The van der Waals surface area contributed by atoms with Crippen LogP contribution < -0.4 is 15.4 Å². The average molecular weight is 706 g/mol. The number of hydrogen-bond acceptors (Lipinski definition) is 8. The highest BCUT2D eigenvalue weighted by Crippen LogP contribution is 2.35. The second kappa shape index (κ2) is 19.2. The largest absolute Gasteiger partial charge is 0.508 e. The number of imide groups is 1. The highest BCUT2D eigenvalue weighted by Gasteiger charge is 2.36. The van der Waals surface area contributed by atoms with E-state index in [1.54, 1.807) is 18.2 Å². The Morgan fingerprint density at radius 2 is 1.58 bits per heavy atom. The van der Waals surface area contributed by atoms with Gasteiger partial charge in [-0.15, -0.1) is 0 Å². The molecule has 272 valence electrons. The van der Waals surface area contributed by atoms with Crippen LogP contribution in [0.4, 0.5) is 0 Å². The summed E-state index contributed by atoms with van der Waals surface area (Å²) in [6, 6.07) is 25.1. The Bertz CT molecular complexity index is 1780. The van der Waals surface area contributed by atoms with E-state index in [9.17, 15) is 19.5 Å². The molecule has 2 aliphatic heterocycles. The molecule has 52 heavy (non-hydrogen) atoms. The molecule has 3 aromatic rings. The smallest absolute Gasteiger partial charge is 0.249 e. The summed E-state index contributed by atoms with van der Waals surface area (Å²) < 4.78 is 17.3. The third-order valence-corrected chi connectivity index (χ3v) is 8.83. The SMILES string of the molecule is C=C/C(=C\C1=CC(=O)N(C2CCC(=O)NC2=O)C1)NCCCOCCOCCOc1ccc(/C(=C(/CC)c2ccccc2)c2ccc(O)cc2)cc1. The Morgan fingerprint density at radius 1 is 0.904 bits per heavy atom. The van der Waals surface area contributed by atoms with Crippen molar-refractivity contribution < 1.29 is 33.7 Å². The molecule has 0 saturated carbocycles. The molecule has 2 heterocycles. The quantitative estimate of drug-likeness (QED) is 0.0619. The van der Waals surface area contributed by atoms with Crippen molar-refractivity contribution in [1.82, 2.24) is 15.5 Å². The van der Waals surface area contributed by atoms with Crippen LogP contribution in [-0.4, -0.2) is 79.9 Å². The molecule has 0 aliphatic carbocycles. The van der Waals surface area contributed by atoms with Crippen molar-refractivity contribution in [3.8, 4) is 11.5 Å². The van der Waals surface area contributed by atoms with Crippen LogP contribution >= 0.6 is 0 Å². The molecule has 0 bridgehead atoms. The Balaban J connectivity index is 0.979. The van der Waals surface area contributed by atoms with Gasteiger partial charge in [0, 0.05) is 37.9 Å². The molecule has 1 atom stereocenters. The third-order valence-electron chi connectivity index (χ3n) is 8.83. The van der Waals surface area contributed by atoms with E-state index in [4.69, 9.17) is 14.2 Å². The van der Waals surface area contributed by atoms with Gasteiger partial charge in [0.1, 0.15) is 24.1 Å². The average Bonchev–Trinajstić information content (AvgIpc) is 3.52. The number of carbonyl (C=O) groups is 3. The third kappa shape index (κ3) is 10.5. The lowest BCUT2D eigenvalue weighted by atomic mass is 9.88. The van der Waals surface area contributed by atoms with Crippen molar-refractivity contribution in [2.75, 3.05) is 46.1 Å². The van der Waals surface area contributed by atoms with Crippen molar-refractivity contribution >= 4 is 28.9 Å². The molecule has 1 saturated heterocycles. The molecule has 0 spiro atoms. The number of phenols is 1. The molecule has 3 amide bonds. The van der Waals surface area contributed by atoms with Gasteiger partial charge in [0.2, 0.25) is 17.7 Å². The molecule has 10 nitrogen and oxygen atoms in total. The summed E-state index contributed by atoms with van der Waals surface area (Å²) in [7, 11) is 0. The van der Waals surface area contributed by atoms with Gasteiger partial charge in [0.25, 0.3) is 0 Å². The minimum Gasteiger partial charge on any atom is -0.508 e. The number of phenolic OH excluding ortho intramolecular Hbond substituents is 1. The van der Waals surface area contributed by atoms with Crippen molar-refractivity contribution in [2.45, 2.75) is 38.6 Å². The van der Waals surface area contributed by atoms with Gasteiger partial charge in [0.15, 0.2) is 0 Å². The number of carbonyl (C=O) groups excluding carboxylic acids is 3. The number of ether oxygens (including phenoxy) is 3. The fraction of sp³-hybridized carbons (Fsp3) is 0.310. The first-order valence-corrected chi connectivity index (χ1v) is 17.8. The maximum Gasteiger partial charge on any atom is 0.249 e. The van der Waals surface area contributed by atoms with Crippen LogP contribution in [0.1, 0.15) is 49.3 Å². The van der Waals surface area contributed by atoms with Crippen molar-refractivity contribution in [1.29, 1.82) is 0 Å². The first kappa shape index (κ1) is 37.8. The Labute approximate surface area is 305 Å². The number of rotatable bonds is 19. The number of hydrogen-bond donors (Lipinski definition) is 3. The van der Waals surface area contributed by atoms with Crippen LogP contribution in [0.15, 0.2) is 115 Å². The summed E-state index contributed by atoms with van der Waals surface area (Å²) in [5.41, 5.74) is 7.16. The number of allylic oxidation sites excluding steroid dienone is 2. The maximum absolute atomic E-state index is 12.5. The predicted octanol–water partition coefficient (Wildman–Crippen LogP) is 5.80. The standard InChI is InChI=1S/C42H47N3O7/c1-3-34(27-30-28-40(48)45(29-30)38-19-20-39(47)44-42(38)49)43-21-8-22-50-23-24-51-25-26-52-36-17-13-33(14-18-36)41(32-11-15-35(46)16-12-32)37(4-2)31-9-6-5-7-10-31/h3,5-7,9-18,27-28,38,43,46H,1,4,8,19-26,29H2,2H3,(H,44,47,49)/b34-27+,41-37-. The van der Waals surface area contributed by atoms with Crippen LogP contribution in [0, 0.1) is 0 Å². The van der Waals surface area contributed by atoms with Gasteiger partial charge in [-0.25, -0.2) is 0 Å². The highest BCUT2D eigenvalue weighted by atomic mass is 16.5. The zero-order valence-corrected chi connectivity index (χ0v) is 29.6. The van der Waals surface area contributed by atoms with Crippen molar-refractivity contribution in [3.05, 3.63) is 132 Å². The molecule has 1 fully saturated rings. The molecular formula is C42H47N3O7. The van der Waals surface area contributed by atoms with Gasteiger partial charge in [-0.1, -0.05) is 68.1 Å². The van der Waals surface area contributed by atoms with E-state index in [2.05, 4.69) is 48.4 Å². The number of benzene rings is 3. The van der Waals surface area contributed by atoms with E-state index >= 15 is 0 Å². The minimum atomic E-state index is -0.631.